The van der Waals surface area contributed by atoms with Crippen LogP contribution < -0.4 is 0 Å². The first-order valence-electron chi connectivity index (χ1n) is 4.62. The van der Waals surface area contributed by atoms with Crippen LogP contribution >= 0.6 is 11.3 Å². The Kier molecular flexibility index (Phi) is 2.98. The van der Waals surface area contributed by atoms with E-state index < -0.39 is 11.6 Å². The number of nitrogens with zero attached hydrogens (tertiary/aromatic N) is 2. The molecule has 2 nitrogen and oxygen atoms in total. The molecule has 1 heterocycles. The number of allylic oxidation sites excluding steroid dienone is 1. The second-order valence-electron chi connectivity index (χ2n) is 3.22. The Balaban J connectivity index is 2.52. The lowest BCUT2D eigenvalue weighted by molar-refractivity contribution is 0.589. The van der Waals surface area contributed by atoms with Gasteiger partial charge < -0.3 is 0 Å². The predicted molar refractivity (Wildman–Crippen MR) is 62.1 cm³/mol. The van der Waals surface area contributed by atoms with Crippen LogP contribution in [0.3, 0.4) is 0 Å². The van der Waals surface area contributed by atoms with Crippen molar-refractivity contribution in [3.8, 4) is 17.3 Å². The molecular formula is C12H6F2N2S. The standard InChI is InChI=1S/C12H6F2N2S/c1-7(5-15)12-16-10(6-17-12)11-8(13)3-2-4-9(11)14/h2-4,6H,1H2. The number of halogens is 2. The first kappa shape index (κ1) is 11.4. The van der Waals surface area contributed by atoms with E-state index in [1.807, 2.05) is 6.07 Å². The predicted octanol–water partition coefficient (Wildman–Crippen LogP) is 3.63. The molecule has 1 aromatic heterocycles. The van der Waals surface area contributed by atoms with Crippen LogP contribution in [0.1, 0.15) is 5.01 Å². The van der Waals surface area contributed by atoms with E-state index >= 15 is 0 Å². The third-order valence-electron chi connectivity index (χ3n) is 2.12. The highest BCUT2D eigenvalue weighted by Gasteiger charge is 2.14. The molecule has 0 bridgehead atoms. The van der Waals surface area contributed by atoms with Gasteiger partial charge in [-0.2, -0.15) is 5.26 Å². The summed E-state index contributed by atoms with van der Waals surface area (Å²) in [5.74, 6) is -1.35. The molecule has 5 heteroatoms. The first-order chi connectivity index (χ1) is 8.13. The van der Waals surface area contributed by atoms with Crippen molar-refractivity contribution < 1.29 is 8.78 Å². The van der Waals surface area contributed by atoms with Gasteiger partial charge in [0.2, 0.25) is 0 Å². The minimum absolute atomic E-state index is 0.178. The average Bonchev–Trinajstić information content (AvgIpc) is 2.77. The molecule has 1 aromatic carbocycles. The number of rotatable bonds is 2. The number of nitriles is 1. The smallest absolute Gasteiger partial charge is 0.135 e. The minimum Gasteiger partial charge on any atom is -0.235 e. The second-order valence-corrected chi connectivity index (χ2v) is 4.08. The van der Waals surface area contributed by atoms with Gasteiger partial charge in [0, 0.05) is 5.38 Å². The Bertz CT molecular complexity index is 605. The number of hydrogen-bond donors (Lipinski definition) is 0. The van der Waals surface area contributed by atoms with Gasteiger partial charge in [-0.1, -0.05) is 12.6 Å². The highest BCUT2D eigenvalue weighted by molar-refractivity contribution is 7.11. The van der Waals surface area contributed by atoms with Gasteiger partial charge in [0.15, 0.2) is 0 Å². The van der Waals surface area contributed by atoms with E-state index in [9.17, 15) is 8.78 Å². The fraction of sp³-hybridized carbons (Fsp3) is 0. The topological polar surface area (TPSA) is 36.7 Å². The maximum atomic E-state index is 13.5. The molecule has 0 spiro atoms. The third kappa shape index (κ3) is 2.08. The van der Waals surface area contributed by atoms with Gasteiger partial charge in [0.25, 0.3) is 0 Å². The molecule has 0 aliphatic rings. The van der Waals surface area contributed by atoms with Crippen LogP contribution in [0.2, 0.25) is 0 Å². The van der Waals surface area contributed by atoms with Crippen LogP contribution in [0, 0.1) is 23.0 Å². The van der Waals surface area contributed by atoms with Gasteiger partial charge in [-0.05, 0) is 12.1 Å². The maximum absolute atomic E-state index is 13.5. The van der Waals surface area contributed by atoms with Gasteiger partial charge in [0.05, 0.1) is 16.8 Å². The lowest BCUT2D eigenvalue weighted by Gasteiger charge is -2.00. The monoisotopic (exact) mass is 248 g/mol. The zero-order chi connectivity index (χ0) is 12.4. The number of thiazole rings is 1. The van der Waals surface area contributed by atoms with Crippen LogP contribution in [-0.4, -0.2) is 4.98 Å². The highest BCUT2D eigenvalue weighted by atomic mass is 32.1. The molecule has 0 aliphatic heterocycles. The van der Waals surface area contributed by atoms with E-state index in [1.165, 1.54) is 11.4 Å². The number of hydrogen-bond acceptors (Lipinski definition) is 3. The van der Waals surface area contributed by atoms with Gasteiger partial charge in [0.1, 0.15) is 22.7 Å². The van der Waals surface area contributed by atoms with E-state index in [0.29, 0.717) is 5.01 Å². The summed E-state index contributed by atoms with van der Waals surface area (Å²) < 4.78 is 26.9. The summed E-state index contributed by atoms with van der Waals surface area (Å²) in [5.41, 5.74) is 0.177. The third-order valence-corrected chi connectivity index (χ3v) is 3.02. The lowest BCUT2D eigenvalue weighted by Crippen LogP contribution is -1.90. The van der Waals surface area contributed by atoms with Crippen molar-refractivity contribution in [2.45, 2.75) is 0 Å². The fourth-order valence-electron chi connectivity index (χ4n) is 1.32. The first-order valence-corrected chi connectivity index (χ1v) is 5.50. The summed E-state index contributed by atoms with van der Waals surface area (Å²) >= 11 is 1.13. The molecule has 0 unspecified atom stereocenters. The molecule has 0 saturated heterocycles. The Morgan fingerprint density at radius 1 is 1.35 bits per heavy atom. The second kappa shape index (κ2) is 4.44. The van der Waals surface area contributed by atoms with Gasteiger partial charge in [-0.25, -0.2) is 13.8 Å². The minimum atomic E-state index is -0.676. The van der Waals surface area contributed by atoms with E-state index in [2.05, 4.69) is 11.6 Å². The zero-order valence-corrected chi connectivity index (χ0v) is 9.39. The van der Waals surface area contributed by atoms with E-state index in [4.69, 9.17) is 5.26 Å². The average molecular weight is 248 g/mol. The molecule has 0 radical (unpaired) electrons. The summed E-state index contributed by atoms with van der Waals surface area (Å²) in [6.07, 6.45) is 0. The molecule has 0 saturated carbocycles. The van der Waals surface area contributed by atoms with E-state index in [0.717, 1.165) is 23.5 Å². The summed E-state index contributed by atoms with van der Waals surface area (Å²) in [5, 5.41) is 10.5. The Morgan fingerprint density at radius 3 is 2.59 bits per heavy atom. The van der Waals surface area contributed by atoms with E-state index in [-0.39, 0.29) is 16.8 Å². The van der Waals surface area contributed by atoms with Gasteiger partial charge in [-0.3, -0.25) is 0 Å². The lowest BCUT2D eigenvalue weighted by atomic mass is 10.1. The van der Waals surface area contributed by atoms with Crippen LogP contribution in [0.4, 0.5) is 8.78 Å². The van der Waals surface area contributed by atoms with Crippen LogP contribution in [0.15, 0.2) is 30.2 Å². The highest BCUT2D eigenvalue weighted by Crippen LogP contribution is 2.29. The Hall–Kier alpha value is -2.06. The van der Waals surface area contributed by atoms with Crippen LogP contribution in [-0.2, 0) is 0 Å². The van der Waals surface area contributed by atoms with Crippen molar-refractivity contribution >= 4 is 16.9 Å². The molecule has 0 amide bonds. The largest absolute Gasteiger partial charge is 0.235 e. The van der Waals surface area contributed by atoms with Crippen molar-refractivity contribution in [3.63, 3.8) is 0 Å². The fourth-order valence-corrected chi connectivity index (χ4v) is 2.05. The summed E-state index contributed by atoms with van der Waals surface area (Å²) in [7, 11) is 0. The summed E-state index contributed by atoms with van der Waals surface area (Å²) in [6.45, 7) is 3.49. The quantitative estimate of drug-likeness (QED) is 0.761. The molecule has 2 rings (SSSR count). The van der Waals surface area contributed by atoms with Gasteiger partial charge >= 0.3 is 0 Å². The number of aromatic nitrogens is 1. The van der Waals surface area contributed by atoms with Crippen LogP contribution in [0.25, 0.3) is 16.8 Å². The molecule has 0 atom stereocenters. The van der Waals surface area contributed by atoms with Gasteiger partial charge in [-0.15, -0.1) is 11.3 Å². The summed E-state index contributed by atoms with van der Waals surface area (Å²) in [4.78, 5) is 3.99. The van der Waals surface area contributed by atoms with Crippen molar-refractivity contribution in [1.29, 1.82) is 5.26 Å². The van der Waals surface area contributed by atoms with Crippen LogP contribution in [0.5, 0.6) is 0 Å². The van der Waals surface area contributed by atoms with Crippen molar-refractivity contribution in [2.75, 3.05) is 0 Å². The Labute approximate surface area is 100 Å². The van der Waals surface area contributed by atoms with E-state index in [1.54, 1.807) is 0 Å². The molecule has 2 aromatic rings. The van der Waals surface area contributed by atoms with Crippen molar-refractivity contribution in [3.05, 3.63) is 46.8 Å². The molecule has 0 aliphatic carbocycles. The summed E-state index contributed by atoms with van der Waals surface area (Å²) in [6, 6.07) is 5.46. The van der Waals surface area contributed by atoms with Crippen molar-refractivity contribution in [2.24, 2.45) is 0 Å². The maximum Gasteiger partial charge on any atom is 0.135 e. The normalized spacial score (nSPS) is 9.94. The molecule has 0 fully saturated rings. The number of benzene rings is 1. The Morgan fingerprint density at radius 2 is 2.00 bits per heavy atom. The molecule has 17 heavy (non-hydrogen) atoms. The zero-order valence-electron chi connectivity index (χ0n) is 8.58. The van der Waals surface area contributed by atoms with Crippen molar-refractivity contribution in [1.82, 2.24) is 4.98 Å². The molecular weight excluding hydrogens is 242 g/mol. The molecule has 0 N–H and O–H groups in total. The molecule has 84 valence electrons. The SMILES string of the molecule is C=C(C#N)c1nc(-c2c(F)cccc2F)cs1.